The maximum absolute atomic E-state index is 12.9. The Labute approximate surface area is 219 Å². The lowest BCUT2D eigenvalue weighted by Gasteiger charge is -2.66. The first-order chi connectivity index (χ1) is 17.4. The summed E-state index contributed by atoms with van der Waals surface area (Å²) in [5.74, 6) is -0.606. The van der Waals surface area contributed by atoms with Crippen LogP contribution in [-0.4, -0.2) is 56.8 Å². The van der Waals surface area contributed by atoms with E-state index >= 15 is 0 Å². The summed E-state index contributed by atoms with van der Waals surface area (Å²) in [4.78, 5) is 25.3. The Morgan fingerprint density at radius 1 is 0.973 bits per heavy atom. The summed E-state index contributed by atoms with van der Waals surface area (Å²) in [7, 11) is 0. The van der Waals surface area contributed by atoms with Crippen molar-refractivity contribution in [3.63, 3.8) is 0 Å². The van der Waals surface area contributed by atoms with Crippen molar-refractivity contribution in [2.24, 2.45) is 28.6 Å². The van der Waals surface area contributed by atoms with Crippen molar-refractivity contribution in [2.75, 3.05) is 0 Å². The number of aliphatic hydroxyl groups is 3. The van der Waals surface area contributed by atoms with Crippen molar-refractivity contribution in [3.05, 3.63) is 35.9 Å². The quantitative estimate of drug-likeness (QED) is 0.520. The van der Waals surface area contributed by atoms with Crippen LogP contribution in [0.2, 0.25) is 0 Å². The molecule has 0 amide bonds. The largest absolute Gasteiger partial charge is 0.462 e. The van der Waals surface area contributed by atoms with E-state index in [2.05, 4.69) is 6.92 Å². The summed E-state index contributed by atoms with van der Waals surface area (Å²) in [5.41, 5.74) is -3.79. The van der Waals surface area contributed by atoms with Gasteiger partial charge in [0.05, 0.1) is 22.7 Å². The van der Waals surface area contributed by atoms with E-state index in [0.29, 0.717) is 24.3 Å². The number of aliphatic hydroxyl groups excluding tert-OH is 1. The minimum absolute atomic E-state index is 0.0770. The highest BCUT2D eigenvalue weighted by Gasteiger charge is 2.77. The highest BCUT2D eigenvalue weighted by Crippen LogP contribution is 2.71. The second kappa shape index (κ2) is 9.06. The Morgan fingerprint density at radius 2 is 1.68 bits per heavy atom. The number of hydrogen-bond acceptors (Lipinski definition) is 7. The Kier molecular flexibility index (Phi) is 6.52. The zero-order chi connectivity index (χ0) is 26.8. The molecule has 0 saturated heterocycles. The third kappa shape index (κ3) is 3.79. The molecule has 0 aliphatic heterocycles. The molecule has 37 heavy (non-hydrogen) atoms. The van der Waals surface area contributed by atoms with Crippen molar-refractivity contribution in [1.82, 2.24) is 0 Å². The van der Waals surface area contributed by atoms with Gasteiger partial charge in [-0.15, -0.1) is 0 Å². The van der Waals surface area contributed by atoms with E-state index in [1.807, 2.05) is 13.0 Å². The van der Waals surface area contributed by atoms with Crippen LogP contribution in [-0.2, 0) is 14.3 Å². The number of carbonyl (C=O) groups is 2. The maximum atomic E-state index is 12.9. The van der Waals surface area contributed by atoms with Crippen LogP contribution in [0.4, 0.5) is 0 Å². The maximum Gasteiger partial charge on any atom is 0.338 e. The van der Waals surface area contributed by atoms with Crippen LogP contribution in [0.25, 0.3) is 0 Å². The van der Waals surface area contributed by atoms with Crippen LogP contribution in [0.1, 0.15) is 89.4 Å². The van der Waals surface area contributed by atoms with Gasteiger partial charge in [0.15, 0.2) is 0 Å². The average molecular weight is 515 g/mol. The first-order valence-electron chi connectivity index (χ1n) is 13.9. The van der Waals surface area contributed by atoms with Crippen LogP contribution < -0.4 is 0 Å². The Morgan fingerprint density at radius 3 is 2.35 bits per heavy atom. The van der Waals surface area contributed by atoms with Crippen LogP contribution >= 0.6 is 0 Å². The molecule has 3 N–H and O–H groups in total. The summed E-state index contributed by atoms with van der Waals surface area (Å²) < 4.78 is 11.8. The number of rotatable bonds is 4. The van der Waals surface area contributed by atoms with Gasteiger partial charge in [-0.1, -0.05) is 32.0 Å². The van der Waals surface area contributed by atoms with E-state index in [4.69, 9.17) is 9.47 Å². The molecule has 7 heteroatoms. The van der Waals surface area contributed by atoms with Gasteiger partial charge in [0.25, 0.3) is 0 Å². The zero-order valence-electron chi connectivity index (χ0n) is 22.5. The fourth-order valence-corrected chi connectivity index (χ4v) is 9.14. The second-order valence-electron chi connectivity index (χ2n) is 12.7. The van der Waals surface area contributed by atoms with E-state index in [-0.39, 0.29) is 29.8 Å². The van der Waals surface area contributed by atoms with Gasteiger partial charge in [-0.2, -0.15) is 0 Å². The van der Waals surface area contributed by atoms with Crippen molar-refractivity contribution in [3.8, 4) is 0 Å². The van der Waals surface area contributed by atoms with Crippen molar-refractivity contribution < 1.29 is 34.4 Å². The minimum Gasteiger partial charge on any atom is -0.462 e. The molecule has 4 fully saturated rings. The molecular formula is C30H42O7. The van der Waals surface area contributed by atoms with Crippen molar-refractivity contribution in [2.45, 2.75) is 109 Å². The molecule has 0 unspecified atom stereocenters. The summed E-state index contributed by atoms with van der Waals surface area (Å²) in [6, 6.07) is 8.66. The SMILES string of the molecule is CC(=O)O[C@@H]1C[C@@H]2[C@@H](CC[C@@H]3C[C@@H](O)CC[C@@]32C)[C@@]2(O)CC[C@@](O)([C@@H](C)OC(=O)c3ccccc3)[C@@]12C. The summed E-state index contributed by atoms with van der Waals surface area (Å²) in [6.45, 7) is 7.15. The third-order valence-corrected chi connectivity index (χ3v) is 11.3. The minimum atomic E-state index is -1.59. The summed E-state index contributed by atoms with van der Waals surface area (Å²) in [6.07, 6.45) is 3.27. The van der Waals surface area contributed by atoms with E-state index in [1.54, 1.807) is 31.2 Å². The first kappa shape index (κ1) is 26.6. The molecule has 1 aromatic carbocycles. The number of hydrogen-bond donors (Lipinski definition) is 3. The number of carbonyl (C=O) groups excluding carboxylic acids is 2. The highest BCUT2D eigenvalue weighted by molar-refractivity contribution is 5.89. The monoisotopic (exact) mass is 514 g/mol. The van der Waals surface area contributed by atoms with Crippen molar-refractivity contribution in [1.29, 1.82) is 0 Å². The van der Waals surface area contributed by atoms with Gasteiger partial charge < -0.3 is 24.8 Å². The predicted molar refractivity (Wildman–Crippen MR) is 136 cm³/mol. The fourth-order valence-electron chi connectivity index (χ4n) is 9.14. The normalized spacial score (nSPS) is 45.6. The number of benzene rings is 1. The van der Waals surface area contributed by atoms with E-state index in [9.17, 15) is 24.9 Å². The molecule has 5 rings (SSSR count). The highest BCUT2D eigenvalue weighted by atomic mass is 16.6. The fraction of sp³-hybridized carbons (Fsp3) is 0.733. The number of ether oxygens (including phenoxy) is 2. The zero-order valence-corrected chi connectivity index (χ0v) is 22.5. The third-order valence-electron chi connectivity index (χ3n) is 11.3. The molecule has 0 radical (unpaired) electrons. The molecule has 0 aromatic heterocycles. The lowest BCUT2D eigenvalue weighted by atomic mass is 9.42. The lowest BCUT2D eigenvalue weighted by molar-refractivity contribution is -0.288. The number of fused-ring (bicyclic) bond motifs is 5. The molecule has 204 valence electrons. The first-order valence-corrected chi connectivity index (χ1v) is 13.9. The van der Waals surface area contributed by atoms with Crippen LogP contribution in [0.5, 0.6) is 0 Å². The van der Waals surface area contributed by atoms with Gasteiger partial charge in [-0.05, 0) is 93.6 Å². The molecule has 4 saturated carbocycles. The van der Waals surface area contributed by atoms with Crippen LogP contribution in [0, 0.1) is 28.6 Å². The van der Waals surface area contributed by atoms with Gasteiger partial charge in [-0.3, -0.25) is 4.79 Å². The molecule has 4 aliphatic rings. The standard InChI is InChI=1S/C30H42O7/c1-18(36-26(33)20-8-6-5-7-9-20)29(34)14-15-30(35)23-11-10-21-16-22(32)12-13-27(21,3)24(23)17-25(28(29,30)4)37-19(2)31/h5-9,18,21-25,32,34-35H,10-17H2,1-4H3/t18-,21-,22+,23-,24-,25-,27+,28-,29-,30+/m1/s1. The van der Waals surface area contributed by atoms with E-state index in [1.165, 1.54) is 6.92 Å². The molecule has 0 spiro atoms. The molecule has 10 atom stereocenters. The molecule has 0 bridgehead atoms. The molecule has 4 aliphatic carbocycles. The summed E-state index contributed by atoms with van der Waals surface area (Å²) >= 11 is 0. The smallest absolute Gasteiger partial charge is 0.338 e. The van der Waals surface area contributed by atoms with E-state index in [0.717, 1.165) is 32.1 Å². The van der Waals surface area contributed by atoms with Gasteiger partial charge >= 0.3 is 11.9 Å². The molecule has 0 heterocycles. The second-order valence-corrected chi connectivity index (χ2v) is 12.7. The van der Waals surface area contributed by atoms with Gasteiger partial charge in [-0.25, -0.2) is 4.79 Å². The van der Waals surface area contributed by atoms with Crippen LogP contribution in [0.15, 0.2) is 30.3 Å². The predicted octanol–water partition coefficient (Wildman–Crippen LogP) is 4.02. The van der Waals surface area contributed by atoms with Gasteiger partial charge in [0.1, 0.15) is 17.8 Å². The Balaban J connectivity index is 1.51. The van der Waals surface area contributed by atoms with Gasteiger partial charge in [0.2, 0.25) is 0 Å². The summed E-state index contributed by atoms with van der Waals surface area (Å²) in [5, 5.41) is 35.3. The number of esters is 2. The average Bonchev–Trinajstić information content (AvgIpc) is 3.08. The van der Waals surface area contributed by atoms with Gasteiger partial charge in [0, 0.05) is 6.92 Å². The Bertz CT molecular complexity index is 1040. The molecule has 1 aromatic rings. The van der Waals surface area contributed by atoms with Crippen molar-refractivity contribution >= 4 is 11.9 Å². The lowest BCUT2D eigenvalue weighted by Crippen LogP contribution is -2.72. The molecular weight excluding hydrogens is 472 g/mol. The topological polar surface area (TPSA) is 113 Å². The molecule has 7 nitrogen and oxygen atoms in total. The van der Waals surface area contributed by atoms with Crippen LogP contribution in [0.3, 0.4) is 0 Å². The van der Waals surface area contributed by atoms with E-state index < -0.39 is 40.8 Å². The Hall–Kier alpha value is -1.96.